The lowest BCUT2D eigenvalue weighted by molar-refractivity contribution is -0.274. The third-order valence-corrected chi connectivity index (χ3v) is 4.44. The molecule has 0 unspecified atom stereocenters. The number of aryl methyl sites for hydroxylation is 2. The number of pyridine rings is 1. The topological polar surface area (TPSA) is 76.4 Å². The minimum atomic E-state index is -4.75. The van der Waals surface area contributed by atoms with Gasteiger partial charge in [-0.15, -0.1) is 13.2 Å². The number of nitrogens with one attached hydrogen (secondary N) is 2. The maximum Gasteiger partial charge on any atom is 0.573 e. The van der Waals surface area contributed by atoms with Crippen LogP contribution in [0.25, 0.3) is 5.82 Å². The summed E-state index contributed by atoms with van der Waals surface area (Å²) in [6.07, 6.45) is -3.02. The predicted octanol–water partition coefficient (Wildman–Crippen LogP) is 4.04. The number of aromatic nitrogens is 3. The summed E-state index contributed by atoms with van der Waals surface area (Å²) in [4.78, 5) is 8.95. The van der Waals surface area contributed by atoms with Crippen LogP contribution < -0.4 is 15.4 Å². The Morgan fingerprint density at radius 1 is 1.12 bits per heavy atom. The minimum Gasteiger partial charge on any atom is -0.405 e. The number of alkyl halides is 3. The number of guanidine groups is 1. The van der Waals surface area contributed by atoms with Gasteiger partial charge < -0.3 is 15.4 Å². The van der Waals surface area contributed by atoms with Crippen molar-refractivity contribution < 1.29 is 17.9 Å². The molecule has 3 aromatic rings. The average molecular weight is 446 g/mol. The van der Waals surface area contributed by atoms with Gasteiger partial charge in [0.25, 0.3) is 0 Å². The lowest BCUT2D eigenvalue weighted by atomic mass is 10.2. The Hall–Kier alpha value is -3.56. The molecule has 32 heavy (non-hydrogen) atoms. The van der Waals surface area contributed by atoms with E-state index in [1.807, 2.05) is 39.0 Å². The molecule has 0 aliphatic heterocycles. The SMILES string of the molecule is CCNC(=NCc1ccc(-n2nc(C)cc2C)nc1)NCc1ccccc1OC(F)(F)F. The normalized spacial score (nSPS) is 12.0. The molecule has 1 aromatic carbocycles. The molecule has 170 valence electrons. The van der Waals surface area contributed by atoms with Gasteiger partial charge in [-0.2, -0.15) is 5.10 Å². The maximum atomic E-state index is 12.6. The Morgan fingerprint density at radius 2 is 1.91 bits per heavy atom. The van der Waals surface area contributed by atoms with Crippen LogP contribution in [-0.4, -0.2) is 33.6 Å². The molecule has 0 fully saturated rings. The summed E-state index contributed by atoms with van der Waals surface area (Å²) in [7, 11) is 0. The molecule has 2 N–H and O–H groups in total. The molecule has 0 amide bonds. The molecule has 2 heterocycles. The molecule has 0 bridgehead atoms. The van der Waals surface area contributed by atoms with Gasteiger partial charge in [-0.1, -0.05) is 24.3 Å². The summed E-state index contributed by atoms with van der Waals surface area (Å²) in [6.45, 7) is 6.86. The van der Waals surface area contributed by atoms with Crippen LogP contribution >= 0.6 is 0 Å². The number of hydrogen-bond acceptors (Lipinski definition) is 4. The van der Waals surface area contributed by atoms with Gasteiger partial charge in [-0.3, -0.25) is 0 Å². The van der Waals surface area contributed by atoms with E-state index in [9.17, 15) is 13.2 Å². The number of ether oxygens (including phenoxy) is 1. The van der Waals surface area contributed by atoms with E-state index in [0.29, 0.717) is 24.6 Å². The zero-order valence-electron chi connectivity index (χ0n) is 18.1. The molecule has 10 heteroatoms. The molecule has 0 aliphatic rings. The standard InChI is InChI=1S/C22H25F3N6O/c1-4-26-21(29-14-18-7-5-6-8-19(18)32-22(23,24)25)28-13-17-9-10-20(27-12-17)31-16(3)11-15(2)30-31/h5-12H,4,13-14H2,1-3H3,(H2,26,28,29). The number of hydrogen-bond donors (Lipinski definition) is 2. The van der Waals surface area contributed by atoms with Crippen LogP contribution in [0.15, 0.2) is 53.7 Å². The van der Waals surface area contributed by atoms with Crippen molar-refractivity contribution in [3.8, 4) is 11.6 Å². The van der Waals surface area contributed by atoms with Crippen molar-refractivity contribution in [2.24, 2.45) is 4.99 Å². The van der Waals surface area contributed by atoms with Gasteiger partial charge in [0.2, 0.25) is 0 Å². The van der Waals surface area contributed by atoms with Gasteiger partial charge in [-0.05, 0) is 44.5 Å². The summed E-state index contributed by atoms with van der Waals surface area (Å²) >= 11 is 0. The van der Waals surface area contributed by atoms with Gasteiger partial charge in [0.1, 0.15) is 5.75 Å². The van der Waals surface area contributed by atoms with E-state index in [2.05, 4.69) is 30.4 Å². The van der Waals surface area contributed by atoms with Gasteiger partial charge in [0.05, 0.1) is 12.2 Å². The van der Waals surface area contributed by atoms with Crippen molar-refractivity contribution in [2.75, 3.05) is 6.54 Å². The van der Waals surface area contributed by atoms with Crippen LogP contribution in [0.1, 0.15) is 29.4 Å². The Balaban J connectivity index is 1.66. The summed E-state index contributed by atoms with van der Waals surface area (Å²) in [5, 5.41) is 10.5. The highest BCUT2D eigenvalue weighted by atomic mass is 19.4. The van der Waals surface area contributed by atoms with Crippen LogP contribution in [0.2, 0.25) is 0 Å². The van der Waals surface area contributed by atoms with E-state index < -0.39 is 6.36 Å². The van der Waals surface area contributed by atoms with Crippen LogP contribution in [0, 0.1) is 13.8 Å². The summed E-state index contributed by atoms with van der Waals surface area (Å²) in [6, 6.07) is 11.8. The fourth-order valence-electron chi connectivity index (χ4n) is 3.06. The highest BCUT2D eigenvalue weighted by Crippen LogP contribution is 2.26. The number of nitrogens with zero attached hydrogens (tertiary/aromatic N) is 4. The molecule has 0 saturated carbocycles. The zero-order chi connectivity index (χ0) is 23.1. The van der Waals surface area contributed by atoms with Crippen molar-refractivity contribution in [2.45, 2.75) is 40.2 Å². The second-order valence-corrected chi connectivity index (χ2v) is 7.07. The Bertz CT molecular complexity index is 1060. The molecule has 0 spiro atoms. The fourth-order valence-corrected chi connectivity index (χ4v) is 3.06. The Labute approximate surface area is 184 Å². The number of rotatable bonds is 7. The number of halogens is 3. The third kappa shape index (κ3) is 6.47. The van der Waals surface area contributed by atoms with Crippen LogP contribution in [0.5, 0.6) is 5.75 Å². The highest BCUT2D eigenvalue weighted by Gasteiger charge is 2.31. The first-order chi connectivity index (χ1) is 15.2. The Kier molecular flexibility index (Phi) is 7.34. The molecule has 3 rings (SSSR count). The summed E-state index contributed by atoms with van der Waals surface area (Å²) < 4.78 is 43.7. The van der Waals surface area contributed by atoms with Crippen molar-refractivity contribution >= 4 is 5.96 Å². The molecule has 0 aliphatic carbocycles. The molecule has 0 radical (unpaired) electrons. The van der Waals surface area contributed by atoms with E-state index in [4.69, 9.17) is 0 Å². The highest BCUT2D eigenvalue weighted by molar-refractivity contribution is 5.79. The van der Waals surface area contributed by atoms with E-state index in [1.54, 1.807) is 23.0 Å². The van der Waals surface area contributed by atoms with Crippen molar-refractivity contribution in [1.29, 1.82) is 0 Å². The van der Waals surface area contributed by atoms with Crippen molar-refractivity contribution in [1.82, 2.24) is 25.4 Å². The molecule has 0 saturated heterocycles. The maximum absolute atomic E-state index is 12.6. The molecule has 0 atom stereocenters. The largest absolute Gasteiger partial charge is 0.573 e. The van der Waals surface area contributed by atoms with Crippen LogP contribution in [0.4, 0.5) is 13.2 Å². The first kappa shape index (κ1) is 23.1. The van der Waals surface area contributed by atoms with Gasteiger partial charge in [-0.25, -0.2) is 14.7 Å². The lowest BCUT2D eigenvalue weighted by Crippen LogP contribution is -2.37. The van der Waals surface area contributed by atoms with E-state index in [1.165, 1.54) is 12.1 Å². The zero-order valence-corrected chi connectivity index (χ0v) is 18.1. The average Bonchev–Trinajstić information content (AvgIpc) is 3.08. The monoisotopic (exact) mass is 446 g/mol. The van der Waals surface area contributed by atoms with Crippen LogP contribution in [0.3, 0.4) is 0 Å². The van der Waals surface area contributed by atoms with Crippen molar-refractivity contribution in [3.05, 3.63) is 71.2 Å². The number of aliphatic imine (C=N–C) groups is 1. The summed E-state index contributed by atoms with van der Waals surface area (Å²) in [5.74, 6) is 0.943. The smallest absolute Gasteiger partial charge is 0.405 e. The van der Waals surface area contributed by atoms with E-state index >= 15 is 0 Å². The lowest BCUT2D eigenvalue weighted by Gasteiger charge is -2.15. The number of benzene rings is 1. The van der Waals surface area contributed by atoms with Gasteiger partial charge in [0, 0.05) is 30.5 Å². The summed E-state index contributed by atoms with van der Waals surface area (Å²) in [5.41, 5.74) is 3.16. The molecule has 7 nitrogen and oxygen atoms in total. The quantitative estimate of drug-likeness (QED) is 0.423. The molecular weight excluding hydrogens is 421 g/mol. The van der Waals surface area contributed by atoms with Crippen molar-refractivity contribution in [3.63, 3.8) is 0 Å². The van der Waals surface area contributed by atoms with Crippen LogP contribution in [-0.2, 0) is 13.1 Å². The molecule has 2 aromatic heterocycles. The van der Waals surface area contributed by atoms with Gasteiger partial charge in [0.15, 0.2) is 11.8 Å². The number of para-hydroxylation sites is 1. The first-order valence-electron chi connectivity index (χ1n) is 10.1. The van der Waals surface area contributed by atoms with E-state index in [0.717, 1.165) is 22.8 Å². The fraction of sp³-hybridized carbons (Fsp3) is 0.318. The van der Waals surface area contributed by atoms with E-state index in [-0.39, 0.29) is 12.3 Å². The van der Waals surface area contributed by atoms with Gasteiger partial charge >= 0.3 is 6.36 Å². The first-order valence-corrected chi connectivity index (χ1v) is 10.1. The third-order valence-electron chi connectivity index (χ3n) is 4.44. The second-order valence-electron chi connectivity index (χ2n) is 7.07. The minimum absolute atomic E-state index is 0.118. The molecular formula is C22H25F3N6O. The Morgan fingerprint density at radius 3 is 2.53 bits per heavy atom. The second kappa shape index (κ2) is 10.2. The predicted molar refractivity (Wildman–Crippen MR) is 116 cm³/mol.